The number of carbonyl (C=O) groups is 1. The third-order valence-electron chi connectivity index (χ3n) is 1.93. The molecule has 0 amide bonds. The Labute approximate surface area is 92.1 Å². The first kappa shape index (κ1) is 14.4. The van der Waals surface area contributed by atoms with Crippen molar-refractivity contribution in [3.05, 3.63) is 0 Å². The fourth-order valence-electron chi connectivity index (χ4n) is 1.17. The molecule has 0 aliphatic carbocycles. The molecule has 0 aromatic heterocycles. The minimum atomic E-state index is -0.164. The highest BCUT2D eigenvalue weighted by atomic mass is 16.6. The second-order valence-electron chi connectivity index (χ2n) is 3.83. The standard InChI is InChI=1S/C11H23NO3/c1-4-14-8-10(3)15-11(13)7-5-6-9(2)12/h9-10H,4-8,12H2,1-3H3. The highest BCUT2D eigenvalue weighted by Gasteiger charge is 2.09. The molecule has 0 saturated carbocycles. The van der Waals surface area contributed by atoms with Gasteiger partial charge in [0.15, 0.2) is 0 Å². The van der Waals surface area contributed by atoms with Crippen LogP contribution >= 0.6 is 0 Å². The van der Waals surface area contributed by atoms with Crippen LogP contribution in [0.2, 0.25) is 0 Å². The van der Waals surface area contributed by atoms with E-state index in [1.54, 1.807) is 0 Å². The third-order valence-corrected chi connectivity index (χ3v) is 1.93. The molecule has 15 heavy (non-hydrogen) atoms. The molecule has 90 valence electrons. The minimum absolute atomic E-state index is 0.152. The largest absolute Gasteiger partial charge is 0.460 e. The van der Waals surface area contributed by atoms with E-state index in [2.05, 4.69) is 0 Å². The first-order valence-electron chi connectivity index (χ1n) is 5.59. The maximum Gasteiger partial charge on any atom is 0.306 e. The first-order valence-corrected chi connectivity index (χ1v) is 5.59. The molecule has 2 atom stereocenters. The average Bonchev–Trinajstić information content (AvgIpc) is 2.14. The molecule has 0 radical (unpaired) electrons. The summed E-state index contributed by atoms with van der Waals surface area (Å²) in [5, 5.41) is 0. The summed E-state index contributed by atoms with van der Waals surface area (Å²) < 4.78 is 10.3. The summed E-state index contributed by atoms with van der Waals surface area (Å²) in [5.74, 6) is -0.164. The van der Waals surface area contributed by atoms with Gasteiger partial charge in [0.25, 0.3) is 0 Å². The predicted molar refractivity (Wildman–Crippen MR) is 59.5 cm³/mol. The van der Waals surface area contributed by atoms with Crippen LogP contribution in [-0.4, -0.2) is 31.3 Å². The number of hydrogen-bond acceptors (Lipinski definition) is 4. The van der Waals surface area contributed by atoms with Crippen molar-refractivity contribution < 1.29 is 14.3 Å². The maximum absolute atomic E-state index is 11.3. The zero-order valence-corrected chi connectivity index (χ0v) is 9.99. The zero-order chi connectivity index (χ0) is 11.7. The van der Waals surface area contributed by atoms with Crippen molar-refractivity contribution in [3.8, 4) is 0 Å². The van der Waals surface area contributed by atoms with Gasteiger partial charge in [-0.25, -0.2) is 0 Å². The third kappa shape index (κ3) is 9.69. The van der Waals surface area contributed by atoms with Crippen LogP contribution in [0.25, 0.3) is 0 Å². The molecule has 0 bridgehead atoms. The SMILES string of the molecule is CCOCC(C)OC(=O)CCCC(C)N. The van der Waals surface area contributed by atoms with Crippen LogP contribution in [-0.2, 0) is 14.3 Å². The van der Waals surface area contributed by atoms with E-state index in [-0.39, 0.29) is 18.1 Å². The summed E-state index contributed by atoms with van der Waals surface area (Å²) in [6, 6.07) is 0.152. The van der Waals surface area contributed by atoms with Crippen LogP contribution in [0.3, 0.4) is 0 Å². The summed E-state index contributed by atoms with van der Waals surface area (Å²) in [5.41, 5.74) is 5.57. The van der Waals surface area contributed by atoms with E-state index < -0.39 is 0 Å². The van der Waals surface area contributed by atoms with Crippen LogP contribution < -0.4 is 5.73 Å². The Morgan fingerprint density at radius 2 is 2.07 bits per heavy atom. The Bertz CT molecular complexity index is 171. The van der Waals surface area contributed by atoms with Gasteiger partial charge in [0.1, 0.15) is 6.10 Å². The molecule has 2 unspecified atom stereocenters. The van der Waals surface area contributed by atoms with E-state index in [1.165, 1.54) is 0 Å². The first-order chi connectivity index (χ1) is 7.06. The Hall–Kier alpha value is -0.610. The Kier molecular flexibility index (Phi) is 8.33. The fourth-order valence-corrected chi connectivity index (χ4v) is 1.17. The average molecular weight is 217 g/mol. The molecule has 0 fully saturated rings. The summed E-state index contributed by atoms with van der Waals surface area (Å²) in [6.07, 6.45) is 1.93. The van der Waals surface area contributed by atoms with Crippen molar-refractivity contribution in [2.75, 3.05) is 13.2 Å². The maximum atomic E-state index is 11.3. The van der Waals surface area contributed by atoms with Gasteiger partial charge in [-0.05, 0) is 33.6 Å². The lowest BCUT2D eigenvalue weighted by atomic mass is 10.1. The number of carbonyl (C=O) groups excluding carboxylic acids is 1. The summed E-state index contributed by atoms with van der Waals surface area (Å²) in [6.45, 7) is 6.79. The van der Waals surface area contributed by atoms with Gasteiger partial charge < -0.3 is 15.2 Å². The molecule has 0 saturated heterocycles. The molecular weight excluding hydrogens is 194 g/mol. The number of esters is 1. The van der Waals surface area contributed by atoms with E-state index in [9.17, 15) is 4.79 Å². The molecular formula is C11H23NO3. The van der Waals surface area contributed by atoms with E-state index in [0.717, 1.165) is 12.8 Å². The van der Waals surface area contributed by atoms with Crippen LogP contribution in [0.15, 0.2) is 0 Å². The smallest absolute Gasteiger partial charge is 0.306 e. The molecule has 0 aromatic carbocycles. The summed E-state index contributed by atoms with van der Waals surface area (Å²) >= 11 is 0. The minimum Gasteiger partial charge on any atom is -0.460 e. The van der Waals surface area contributed by atoms with Crippen molar-refractivity contribution in [1.29, 1.82) is 0 Å². The normalized spacial score (nSPS) is 14.7. The van der Waals surface area contributed by atoms with Crippen LogP contribution in [0.5, 0.6) is 0 Å². The number of rotatable bonds is 8. The molecule has 0 aliphatic heterocycles. The van der Waals surface area contributed by atoms with Crippen LogP contribution in [0.1, 0.15) is 40.0 Å². The second kappa shape index (κ2) is 8.68. The topological polar surface area (TPSA) is 61.5 Å². The molecule has 2 N–H and O–H groups in total. The van der Waals surface area contributed by atoms with E-state index in [4.69, 9.17) is 15.2 Å². The molecule has 0 spiro atoms. The van der Waals surface area contributed by atoms with Crippen molar-refractivity contribution in [3.63, 3.8) is 0 Å². The second-order valence-corrected chi connectivity index (χ2v) is 3.83. The van der Waals surface area contributed by atoms with E-state index in [0.29, 0.717) is 19.6 Å². The molecule has 4 nitrogen and oxygen atoms in total. The number of hydrogen-bond donors (Lipinski definition) is 1. The Balaban J connectivity index is 3.46. The molecule has 0 rings (SSSR count). The monoisotopic (exact) mass is 217 g/mol. The predicted octanol–water partition coefficient (Wildman–Crippen LogP) is 1.47. The van der Waals surface area contributed by atoms with Gasteiger partial charge >= 0.3 is 5.97 Å². The molecule has 4 heteroatoms. The van der Waals surface area contributed by atoms with Crippen LogP contribution in [0, 0.1) is 0 Å². The molecule has 0 heterocycles. The van der Waals surface area contributed by atoms with Crippen molar-refractivity contribution in [2.45, 2.75) is 52.2 Å². The molecule has 0 aromatic rings. The van der Waals surface area contributed by atoms with Crippen molar-refractivity contribution in [2.24, 2.45) is 5.73 Å². The molecule has 0 aliphatic rings. The van der Waals surface area contributed by atoms with Crippen LogP contribution in [0.4, 0.5) is 0 Å². The summed E-state index contributed by atoms with van der Waals surface area (Å²) in [7, 11) is 0. The lowest BCUT2D eigenvalue weighted by Gasteiger charge is -2.13. The lowest BCUT2D eigenvalue weighted by molar-refractivity contribution is -0.151. The van der Waals surface area contributed by atoms with Gasteiger partial charge in [-0.2, -0.15) is 0 Å². The highest BCUT2D eigenvalue weighted by Crippen LogP contribution is 2.02. The van der Waals surface area contributed by atoms with Crippen molar-refractivity contribution >= 4 is 5.97 Å². The summed E-state index contributed by atoms with van der Waals surface area (Å²) in [4.78, 5) is 11.3. The van der Waals surface area contributed by atoms with E-state index >= 15 is 0 Å². The van der Waals surface area contributed by atoms with Crippen molar-refractivity contribution in [1.82, 2.24) is 0 Å². The number of ether oxygens (including phenoxy) is 2. The quantitative estimate of drug-likeness (QED) is 0.625. The van der Waals surface area contributed by atoms with E-state index in [1.807, 2.05) is 20.8 Å². The van der Waals surface area contributed by atoms with Gasteiger partial charge in [0, 0.05) is 19.1 Å². The van der Waals surface area contributed by atoms with Gasteiger partial charge in [-0.3, -0.25) is 4.79 Å². The van der Waals surface area contributed by atoms with Gasteiger partial charge in [-0.1, -0.05) is 0 Å². The lowest BCUT2D eigenvalue weighted by Crippen LogP contribution is -2.21. The highest BCUT2D eigenvalue weighted by molar-refractivity contribution is 5.69. The van der Waals surface area contributed by atoms with Gasteiger partial charge in [-0.15, -0.1) is 0 Å². The number of nitrogens with two attached hydrogens (primary N) is 1. The zero-order valence-electron chi connectivity index (χ0n) is 9.99. The van der Waals surface area contributed by atoms with Gasteiger partial charge in [0.05, 0.1) is 6.61 Å². The fraction of sp³-hybridized carbons (Fsp3) is 0.909. The Morgan fingerprint density at radius 1 is 1.40 bits per heavy atom. The Morgan fingerprint density at radius 3 is 2.60 bits per heavy atom. The van der Waals surface area contributed by atoms with Gasteiger partial charge in [0.2, 0.25) is 0 Å².